The summed E-state index contributed by atoms with van der Waals surface area (Å²) >= 11 is 0. The van der Waals surface area contributed by atoms with Gasteiger partial charge in [0.1, 0.15) is 11.3 Å². The molecule has 0 saturated heterocycles. The monoisotopic (exact) mass is 227 g/mol. The molecule has 1 fully saturated rings. The highest BCUT2D eigenvalue weighted by atomic mass is 19.3. The molecule has 1 atom stereocenters. The van der Waals surface area contributed by atoms with E-state index in [4.69, 9.17) is 10.5 Å². The summed E-state index contributed by atoms with van der Waals surface area (Å²) in [6.07, 6.45) is -0.204. The minimum atomic E-state index is -2.77. The van der Waals surface area contributed by atoms with Crippen molar-refractivity contribution in [2.45, 2.75) is 37.8 Å². The lowest BCUT2D eigenvalue weighted by Gasteiger charge is -2.13. The summed E-state index contributed by atoms with van der Waals surface area (Å²) < 4.78 is 31.5. The highest BCUT2D eigenvalue weighted by Gasteiger charge is 2.69. The van der Waals surface area contributed by atoms with Crippen LogP contribution in [0, 0.1) is 0 Å². The van der Waals surface area contributed by atoms with Crippen molar-refractivity contribution in [1.29, 1.82) is 0 Å². The topological polar surface area (TPSA) is 35.2 Å². The van der Waals surface area contributed by atoms with Crippen LogP contribution in [0.3, 0.4) is 0 Å². The largest absolute Gasteiger partial charge is 0.491 e. The number of nitrogens with two attached hydrogens (primary N) is 1. The van der Waals surface area contributed by atoms with Crippen molar-refractivity contribution in [2.24, 2.45) is 5.73 Å². The number of rotatable bonds is 3. The van der Waals surface area contributed by atoms with E-state index in [0.717, 1.165) is 0 Å². The maximum absolute atomic E-state index is 13.0. The Morgan fingerprint density at radius 3 is 2.12 bits per heavy atom. The van der Waals surface area contributed by atoms with E-state index in [-0.39, 0.29) is 12.5 Å². The maximum Gasteiger partial charge on any atom is 0.272 e. The van der Waals surface area contributed by atoms with E-state index in [0.29, 0.717) is 11.3 Å². The molecular formula is C12H15F2NO. The average Bonchev–Trinajstić information content (AvgIpc) is 2.67. The lowest BCUT2D eigenvalue weighted by Crippen LogP contribution is -2.26. The lowest BCUT2D eigenvalue weighted by atomic mass is 10.1. The molecule has 0 heterocycles. The van der Waals surface area contributed by atoms with Gasteiger partial charge in [0.25, 0.3) is 5.92 Å². The van der Waals surface area contributed by atoms with Gasteiger partial charge in [-0.25, -0.2) is 8.78 Å². The smallest absolute Gasteiger partial charge is 0.272 e. The Hall–Kier alpha value is -1.16. The molecule has 0 aliphatic heterocycles. The number of alkyl halides is 2. The summed E-state index contributed by atoms with van der Waals surface area (Å²) in [5.41, 5.74) is 4.60. The molecule has 2 N–H and O–H groups in total. The van der Waals surface area contributed by atoms with Crippen LogP contribution in [0.5, 0.6) is 5.75 Å². The molecule has 1 aliphatic rings. The van der Waals surface area contributed by atoms with Crippen LogP contribution in [-0.4, -0.2) is 12.0 Å². The van der Waals surface area contributed by atoms with Crippen LogP contribution in [0.2, 0.25) is 0 Å². The van der Waals surface area contributed by atoms with Crippen LogP contribution in [0.25, 0.3) is 0 Å². The van der Waals surface area contributed by atoms with Gasteiger partial charge < -0.3 is 10.5 Å². The van der Waals surface area contributed by atoms with E-state index in [2.05, 4.69) is 0 Å². The maximum atomic E-state index is 13.0. The Balaban J connectivity index is 2.15. The van der Waals surface area contributed by atoms with Crippen LogP contribution >= 0.6 is 0 Å². The van der Waals surface area contributed by atoms with E-state index in [9.17, 15) is 8.78 Å². The molecule has 88 valence electrons. The predicted octanol–water partition coefficient (Wildman–Crippen LogP) is 2.67. The van der Waals surface area contributed by atoms with Gasteiger partial charge in [-0.3, -0.25) is 0 Å². The Morgan fingerprint density at radius 1 is 1.25 bits per heavy atom. The van der Waals surface area contributed by atoms with Gasteiger partial charge in [0.05, 0.1) is 6.10 Å². The quantitative estimate of drug-likeness (QED) is 0.861. The second-order valence-electron chi connectivity index (χ2n) is 4.54. The van der Waals surface area contributed by atoms with Crippen molar-refractivity contribution < 1.29 is 13.5 Å². The third-order valence-electron chi connectivity index (χ3n) is 2.77. The van der Waals surface area contributed by atoms with Gasteiger partial charge in [-0.2, -0.15) is 0 Å². The Kier molecular flexibility index (Phi) is 2.42. The van der Waals surface area contributed by atoms with Gasteiger partial charge in [-0.15, -0.1) is 0 Å². The molecule has 0 aromatic heterocycles. The zero-order valence-corrected chi connectivity index (χ0v) is 9.34. The third kappa shape index (κ3) is 1.78. The molecular weight excluding hydrogens is 212 g/mol. The van der Waals surface area contributed by atoms with E-state index in [1.54, 1.807) is 24.3 Å². The Labute approximate surface area is 93.4 Å². The van der Waals surface area contributed by atoms with Gasteiger partial charge in [0.15, 0.2) is 0 Å². The summed E-state index contributed by atoms with van der Waals surface area (Å²) in [7, 11) is 0. The van der Waals surface area contributed by atoms with Crippen molar-refractivity contribution in [1.82, 2.24) is 0 Å². The highest BCUT2D eigenvalue weighted by Crippen LogP contribution is 2.57. The first-order chi connectivity index (χ1) is 7.35. The first-order valence-electron chi connectivity index (χ1n) is 5.29. The predicted molar refractivity (Wildman–Crippen MR) is 57.6 cm³/mol. The third-order valence-corrected chi connectivity index (χ3v) is 2.77. The molecule has 1 aliphatic carbocycles. The Morgan fingerprint density at radius 2 is 1.75 bits per heavy atom. The molecule has 4 heteroatoms. The molecule has 1 aromatic carbocycles. The van der Waals surface area contributed by atoms with Crippen LogP contribution in [-0.2, 0) is 5.54 Å². The van der Waals surface area contributed by atoms with Gasteiger partial charge in [0, 0.05) is 6.42 Å². The number of hydrogen-bond donors (Lipinski definition) is 1. The fourth-order valence-electron chi connectivity index (χ4n) is 1.72. The number of halogens is 2. The fourth-order valence-corrected chi connectivity index (χ4v) is 1.72. The highest BCUT2D eigenvalue weighted by molar-refractivity contribution is 5.39. The van der Waals surface area contributed by atoms with Crippen molar-refractivity contribution >= 4 is 0 Å². The normalized spacial score (nSPS) is 26.9. The van der Waals surface area contributed by atoms with Gasteiger partial charge >= 0.3 is 0 Å². The van der Waals surface area contributed by atoms with Crippen LogP contribution in [0.1, 0.15) is 25.8 Å². The van der Waals surface area contributed by atoms with Crippen LogP contribution < -0.4 is 10.5 Å². The summed E-state index contributed by atoms with van der Waals surface area (Å²) in [6.45, 7) is 3.82. The van der Waals surface area contributed by atoms with Crippen molar-refractivity contribution in [3.8, 4) is 5.75 Å². The summed E-state index contributed by atoms with van der Waals surface area (Å²) in [6, 6.07) is 6.58. The lowest BCUT2D eigenvalue weighted by molar-refractivity contribution is 0.0891. The van der Waals surface area contributed by atoms with E-state index in [1.807, 2.05) is 13.8 Å². The van der Waals surface area contributed by atoms with Crippen LogP contribution in [0.4, 0.5) is 8.78 Å². The standard InChI is InChI=1S/C12H15F2NO/c1-8(2)16-10-5-3-9(4-6-10)11(15)7-12(11,13)14/h3-6,8H,7,15H2,1-2H3. The van der Waals surface area contributed by atoms with E-state index in [1.165, 1.54) is 0 Å². The molecule has 1 unspecified atom stereocenters. The SMILES string of the molecule is CC(C)Oc1ccc(C2(N)CC2(F)F)cc1. The van der Waals surface area contributed by atoms with Crippen molar-refractivity contribution in [3.05, 3.63) is 29.8 Å². The van der Waals surface area contributed by atoms with Gasteiger partial charge in [0.2, 0.25) is 0 Å². The molecule has 0 spiro atoms. The summed E-state index contributed by atoms with van der Waals surface area (Å²) in [5, 5.41) is 0. The van der Waals surface area contributed by atoms with E-state index < -0.39 is 11.5 Å². The second kappa shape index (κ2) is 3.42. The molecule has 1 saturated carbocycles. The summed E-state index contributed by atoms with van der Waals surface area (Å²) in [4.78, 5) is 0. The summed E-state index contributed by atoms with van der Waals surface area (Å²) in [5.74, 6) is -2.10. The minimum absolute atomic E-state index is 0.0695. The van der Waals surface area contributed by atoms with Gasteiger partial charge in [-0.05, 0) is 31.5 Å². The molecule has 16 heavy (non-hydrogen) atoms. The fraction of sp³-hybridized carbons (Fsp3) is 0.500. The first-order valence-corrected chi connectivity index (χ1v) is 5.29. The molecule has 0 radical (unpaired) electrons. The number of benzene rings is 1. The van der Waals surface area contributed by atoms with Crippen LogP contribution in [0.15, 0.2) is 24.3 Å². The zero-order chi connectivity index (χ0) is 12.0. The average molecular weight is 227 g/mol. The molecule has 2 nitrogen and oxygen atoms in total. The number of hydrogen-bond acceptors (Lipinski definition) is 2. The molecule has 0 bridgehead atoms. The molecule has 1 aromatic rings. The molecule has 0 amide bonds. The zero-order valence-electron chi connectivity index (χ0n) is 9.34. The first kappa shape index (κ1) is 11.3. The number of ether oxygens (including phenoxy) is 1. The second-order valence-corrected chi connectivity index (χ2v) is 4.54. The minimum Gasteiger partial charge on any atom is -0.491 e. The van der Waals surface area contributed by atoms with Gasteiger partial charge in [-0.1, -0.05) is 12.1 Å². The molecule has 2 rings (SSSR count). The van der Waals surface area contributed by atoms with E-state index >= 15 is 0 Å². The Bertz CT molecular complexity index is 389. The van der Waals surface area contributed by atoms with Crippen molar-refractivity contribution in [3.63, 3.8) is 0 Å². The van der Waals surface area contributed by atoms with Crippen molar-refractivity contribution in [2.75, 3.05) is 0 Å².